The minimum Gasteiger partial charge on any atom is -0.386 e. The summed E-state index contributed by atoms with van der Waals surface area (Å²) in [6.07, 6.45) is -3.46. The lowest BCUT2D eigenvalue weighted by Crippen LogP contribution is -2.47. The van der Waals surface area contributed by atoms with Crippen molar-refractivity contribution in [1.82, 2.24) is 14.5 Å². The summed E-state index contributed by atoms with van der Waals surface area (Å²) in [4.78, 5) is 8.39. The highest BCUT2D eigenvalue weighted by Gasteiger charge is 2.56. The van der Waals surface area contributed by atoms with Crippen molar-refractivity contribution in [2.24, 2.45) is 0 Å². The van der Waals surface area contributed by atoms with Gasteiger partial charge < -0.3 is 24.6 Å². The molecule has 5 atom stereocenters. The standard InChI is InChI=1S/C24H26F3N3O4/c1-11-12-7-8-30(22(12)29-10-28-11)23-19(32)24(2,33)20(34-23)18(31)15-9-16(21(26)27)17(25)14-6-4-3-5-13(14)15/h7-10,18-21,23,31-33H,3-6H2,1-2H3/t18-,19+,20-,23-,24+/m1/s1. The van der Waals surface area contributed by atoms with Gasteiger partial charge in [-0.3, -0.25) is 0 Å². The van der Waals surface area contributed by atoms with Gasteiger partial charge in [-0.1, -0.05) is 0 Å². The molecule has 3 N–H and O–H groups in total. The summed E-state index contributed by atoms with van der Waals surface area (Å²) >= 11 is 0. The Balaban J connectivity index is 1.56. The van der Waals surface area contributed by atoms with Gasteiger partial charge in [0.2, 0.25) is 0 Å². The van der Waals surface area contributed by atoms with Crippen molar-refractivity contribution in [3.8, 4) is 0 Å². The van der Waals surface area contributed by atoms with Gasteiger partial charge in [0, 0.05) is 11.6 Å². The first-order valence-electron chi connectivity index (χ1n) is 11.3. The first-order valence-corrected chi connectivity index (χ1v) is 11.3. The second-order valence-corrected chi connectivity index (χ2v) is 9.32. The van der Waals surface area contributed by atoms with Gasteiger partial charge in [-0.15, -0.1) is 0 Å². The van der Waals surface area contributed by atoms with Crippen LogP contribution in [0.3, 0.4) is 0 Å². The van der Waals surface area contributed by atoms with E-state index in [1.165, 1.54) is 13.3 Å². The molecule has 1 aliphatic heterocycles. The molecule has 10 heteroatoms. The van der Waals surface area contributed by atoms with Crippen LogP contribution in [0.25, 0.3) is 11.0 Å². The highest BCUT2D eigenvalue weighted by Crippen LogP contribution is 2.45. The van der Waals surface area contributed by atoms with Crippen molar-refractivity contribution in [1.29, 1.82) is 0 Å². The lowest BCUT2D eigenvalue weighted by molar-refractivity contribution is -0.115. The lowest BCUT2D eigenvalue weighted by Gasteiger charge is -2.32. The number of halogens is 3. The summed E-state index contributed by atoms with van der Waals surface area (Å²) in [5.41, 5.74) is -0.792. The highest BCUT2D eigenvalue weighted by atomic mass is 19.3. The van der Waals surface area contributed by atoms with Crippen LogP contribution >= 0.6 is 0 Å². The number of rotatable bonds is 4. The maximum Gasteiger partial charge on any atom is 0.266 e. The van der Waals surface area contributed by atoms with Gasteiger partial charge in [-0.05, 0) is 68.4 Å². The predicted octanol–water partition coefficient (Wildman–Crippen LogP) is 3.44. The van der Waals surface area contributed by atoms with Crippen LogP contribution in [0.5, 0.6) is 0 Å². The van der Waals surface area contributed by atoms with Gasteiger partial charge in [-0.25, -0.2) is 23.1 Å². The Bertz CT molecular complexity index is 1250. The molecule has 3 aromatic rings. The number of benzene rings is 1. The van der Waals surface area contributed by atoms with Crippen molar-refractivity contribution in [3.63, 3.8) is 0 Å². The molecule has 1 fully saturated rings. The van der Waals surface area contributed by atoms with E-state index in [0.717, 1.165) is 23.6 Å². The van der Waals surface area contributed by atoms with Crippen molar-refractivity contribution < 1.29 is 33.2 Å². The zero-order valence-electron chi connectivity index (χ0n) is 18.8. The number of alkyl halides is 2. The van der Waals surface area contributed by atoms with Gasteiger partial charge in [0.1, 0.15) is 41.7 Å². The minimum absolute atomic E-state index is 0.0973. The van der Waals surface area contributed by atoms with Crippen LogP contribution < -0.4 is 0 Å². The van der Waals surface area contributed by atoms with Gasteiger partial charge in [0.05, 0.1) is 11.3 Å². The lowest BCUT2D eigenvalue weighted by atomic mass is 9.81. The Morgan fingerprint density at radius 3 is 2.59 bits per heavy atom. The number of aryl methyl sites for hydroxylation is 1. The fourth-order valence-corrected chi connectivity index (χ4v) is 5.28. The summed E-state index contributed by atoms with van der Waals surface area (Å²) in [5, 5.41) is 34.2. The molecule has 0 saturated carbocycles. The fourth-order valence-electron chi connectivity index (χ4n) is 5.28. The number of aliphatic hydroxyl groups excluding tert-OH is 2. The highest BCUT2D eigenvalue weighted by molar-refractivity contribution is 5.78. The van der Waals surface area contributed by atoms with Crippen LogP contribution in [-0.4, -0.2) is 47.7 Å². The predicted molar refractivity (Wildman–Crippen MR) is 116 cm³/mol. The molecule has 0 bridgehead atoms. The molecule has 0 amide bonds. The van der Waals surface area contributed by atoms with Crippen LogP contribution in [-0.2, 0) is 17.6 Å². The van der Waals surface area contributed by atoms with Crippen molar-refractivity contribution in [2.75, 3.05) is 0 Å². The number of fused-ring (bicyclic) bond motifs is 2. The largest absolute Gasteiger partial charge is 0.386 e. The van der Waals surface area contributed by atoms with E-state index in [9.17, 15) is 28.5 Å². The van der Waals surface area contributed by atoms with Crippen molar-refractivity contribution in [2.45, 2.75) is 76.1 Å². The Hall–Kier alpha value is -2.53. The summed E-state index contributed by atoms with van der Waals surface area (Å²) in [6.45, 7) is 3.13. The number of ether oxygens (including phenoxy) is 1. The maximum atomic E-state index is 14.8. The zero-order valence-corrected chi connectivity index (χ0v) is 18.8. The second kappa shape index (κ2) is 8.30. The maximum absolute atomic E-state index is 14.8. The molecule has 0 radical (unpaired) electrons. The molecule has 1 aliphatic carbocycles. The smallest absolute Gasteiger partial charge is 0.266 e. The molecule has 34 heavy (non-hydrogen) atoms. The molecule has 0 unspecified atom stereocenters. The summed E-state index contributed by atoms with van der Waals surface area (Å²) < 4.78 is 49.5. The van der Waals surface area contributed by atoms with Crippen LogP contribution in [0, 0.1) is 12.7 Å². The number of hydrogen-bond acceptors (Lipinski definition) is 6. The molecular weight excluding hydrogens is 451 g/mol. The molecule has 2 aliphatic rings. The second-order valence-electron chi connectivity index (χ2n) is 9.32. The molecule has 3 heterocycles. The van der Waals surface area contributed by atoms with Crippen LogP contribution in [0.1, 0.15) is 66.5 Å². The number of aliphatic hydroxyl groups is 3. The third-order valence-corrected chi connectivity index (χ3v) is 7.20. The van der Waals surface area contributed by atoms with Gasteiger partial charge >= 0.3 is 0 Å². The van der Waals surface area contributed by atoms with Crippen LogP contribution in [0.15, 0.2) is 24.7 Å². The molecule has 2 aromatic heterocycles. The third-order valence-electron chi connectivity index (χ3n) is 7.20. The number of aromatic nitrogens is 3. The summed E-state index contributed by atoms with van der Waals surface area (Å²) in [7, 11) is 0. The van der Waals surface area contributed by atoms with E-state index in [2.05, 4.69) is 9.97 Å². The first-order chi connectivity index (χ1) is 16.1. The molecule has 1 saturated heterocycles. The van der Waals surface area contributed by atoms with E-state index >= 15 is 0 Å². The molecule has 0 spiro atoms. The van der Waals surface area contributed by atoms with Gasteiger partial charge in [-0.2, -0.15) is 0 Å². The van der Waals surface area contributed by atoms with E-state index < -0.39 is 47.9 Å². The van der Waals surface area contributed by atoms with E-state index in [0.29, 0.717) is 30.5 Å². The average Bonchev–Trinajstić information content (AvgIpc) is 3.33. The van der Waals surface area contributed by atoms with Crippen LogP contribution in [0.4, 0.5) is 13.2 Å². The van der Waals surface area contributed by atoms with Crippen molar-refractivity contribution in [3.05, 3.63) is 58.4 Å². The minimum atomic E-state index is -3.06. The number of hydrogen-bond donors (Lipinski definition) is 3. The first kappa shape index (κ1) is 23.2. The summed E-state index contributed by atoms with van der Waals surface area (Å²) in [5.74, 6) is -0.938. The normalized spacial score (nSPS) is 28.0. The molecule has 1 aromatic carbocycles. The topological polar surface area (TPSA) is 101 Å². The fraction of sp³-hybridized carbons (Fsp3) is 0.500. The number of nitrogens with zero attached hydrogens (tertiary/aromatic N) is 3. The zero-order chi connectivity index (χ0) is 24.4. The molecule has 182 valence electrons. The summed E-state index contributed by atoms with van der Waals surface area (Å²) in [6, 6.07) is 2.72. The Morgan fingerprint density at radius 2 is 1.88 bits per heavy atom. The molecular formula is C24H26F3N3O4. The van der Waals surface area contributed by atoms with E-state index in [1.54, 1.807) is 23.8 Å². The van der Waals surface area contributed by atoms with E-state index in [4.69, 9.17) is 4.74 Å². The molecule has 7 nitrogen and oxygen atoms in total. The van der Waals surface area contributed by atoms with Gasteiger partial charge in [0.25, 0.3) is 6.43 Å². The SMILES string of the molecule is Cc1ncnc2c1ccn2[C@@H]1O[C@H]([C@H](O)c2cc(C(F)F)c(F)c3c2CCCC3)[C@@](C)(O)[C@H]1O. The molecule has 5 rings (SSSR count). The van der Waals surface area contributed by atoms with Crippen molar-refractivity contribution >= 4 is 11.0 Å². The monoisotopic (exact) mass is 477 g/mol. The van der Waals surface area contributed by atoms with E-state index in [1.807, 2.05) is 0 Å². The van der Waals surface area contributed by atoms with Gasteiger partial charge in [0.15, 0.2) is 6.23 Å². The Morgan fingerprint density at radius 1 is 1.18 bits per heavy atom. The average molecular weight is 477 g/mol. The Kier molecular flexibility index (Phi) is 5.67. The Labute approximate surface area is 193 Å². The van der Waals surface area contributed by atoms with Crippen LogP contribution in [0.2, 0.25) is 0 Å². The third kappa shape index (κ3) is 3.43. The van der Waals surface area contributed by atoms with E-state index in [-0.39, 0.29) is 11.1 Å². The quantitative estimate of drug-likeness (QED) is 0.532.